The Labute approximate surface area is 114 Å². The predicted molar refractivity (Wildman–Crippen MR) is 69.0 cm³/mol. The van der Waals surface area contributed by atoms with Crippen LogP contribution in [0.1, 0.15) is 5.56 Å². The molecule has 1 fully saturated rings. The summed E-state index contributed by atoms with van der Waals surface area (Å²) < 4.78 is 39.5. The second-order valence-corrected chi connectivity index (χ2v) is 6.16. The van der Waals surface area contributed by atoms with Gasteiger partial charge in [0, 0.05) is 6.54 Å². The first-order valence-electron chi connectivity index (χ1n) is 5.66. The van der Waals surface area contributed by atoms with E-state index >= 15 is 0 Å². The topological polar surface area (TPSA) is 104 Å². The Morgan fingerprint density at radius 3 is 2.65 bits per heavy atom. The Morgan fingerprint density at radius 1 is 1.35 bits per heavy atom. The summed E-state index contributed by atoms with van der Waals surface area (Å²) in [5, 5.41) is 2.60. The third-order valence-electron chi connectivity index (χ3n) is 2.78. The smallest absolute Gasteiger partial charge is 0.321 e. The molecule has 20 heavy (non-hydrogen) atoms. The first kappa shape index (κ1) is 14.3. The van der Waals surface area contributed by atoms with E-state index in [1.54, 1.807) is 0 Å². The molecule has 1 heterocycles. The average Bonchev–Trinajstić information content (AvgIpc) is 2.33. The van der Waals surface area contributed by atoms with Crippen LogP contribution in [0.3, 0.4) is 0 Å². The van der Waals surface area contributed by atoms with E-state index in [2.05, 4.69) is 10.0 Å². The number of urea groups is 1. The highest BCUT2D eigenvalue weighted by atomic mass is 32.2. The van der Waals surface area contributed by atoms with Crippen LogP contribution in [0.15, 0.2) is 18.2 Å². The third kappa shape index (κ3) is 2.87. The Hall–Kier alpha value is -2.16. The van der Waals surface area contributed by atoms with Crippen molar-refractivity contribution >= 4 is 27.6 Å². The van der Waals surface area contributed by atoms with Gasteiger partial charge in [-0.15, -0.1) is 0 Å². The molecule has 1 unspecified atom stereocenters. The largest absolute Gasteiger partial charge is 0.336 e. The van der Waals surface area contributed by atoms with Crippen molar-refractivity contribution in [1.29, 1.82) is 0 Å². The number of anilines is 1. The molecule has 3 N–H and O–H groups in total. The molecule has 1 saturated heterocycles. The predicted octanol–water partition coefficient (Wildman–Crippen LogP) is 0.0838. The lowest BCUT2D eigenvalue weighted by atomic mass is 10.2. The van der Waals surface area contributed by atoms with Crippen molar-refractivity contribution in [3.8, 4) is 0 Å². The number of nitrogens with one attached hydrogen (secondary N) is 3. The molecule has 108 valence electrons. The van der Waals surface area contributed by atoms with Gasteiger partial charge in [0.05, 0.1) is 5.69 Å². The zero-order chi connectivity index (χ0) is 14.9. The van der Waals surface area contributed by atoms with Crippen LogP contribution in [-0.4, -0.2) is 32.2 Å². The number of carbonyl (C=O) groups excluding carboxylic acids is 2. The second-order valence-electron chi connectivity index (χ2n) is 4.30. The normalized spacial score (nSPS) is 19.2. The summed E-state index contributed by atoms with van der Waals surface area (Å²) in [5.41, 5.74) is 0.383. The molecule has 3 amide bonds. The SMILES string of the molecule is Cc1ccc(NS(=O)(=O)C2CNC(=O)NC2=O)cc1F. The molecule has 1 atom stereocenters. The van der Waals surface area contributed by atoms with Gasteiger partial charge in [-0.2, -0.15) is 0 Å². The number of hydrogen-bond donors (Lipinski definition) is 3. The van der Waals surface area contributed by atoms with Crippen molar-refractivity contribution < 1.29 is 22.4 Å². The molecule has 7 nitrogen and oxygen atoms in total. The van der Waals surface area contributed by atoms with Crippen molar-refractivity contribution in [3.63, 3.8) is 0 Å². The second kappa shape index (κ2) is 5.08. The molecule has 1 aliphatic heterocycles. The van der Waals surface area contributed by atoms with Gasteiger partial charge in [-0.1, -0.05) is 6.07 Å². The summed E-state index contributed by atoms with van der Waals surface area (Å²) in [4.78, 5) is 22.4. The molecule has 9 heteroatoms. The van der Waals surface area contributed by atoms with Crippen molar-refractivity contribution in [2.24, 2.45) is 0 Å². The number of aryl methyl sites for hydroxylation is 1. The molecule has 0 spiro atoms. The van der Waals surface area contributed by atoms with Crippen LogP contribution in [0.4, 0.5) is 14.9 Å². The van der Waals surface area contributed by atoms with Crippen LogP contribution in [0, 0.1) is 12.7 Å². The minimum atomic E-state index is -4.08. The summed E-state index contributed by atoms with van der Waals surface area (Å²) >= 11 is 0. The van der Waals surface area contributed by atoms with Crippen molar-refractivity contribution in [2.75, 3.05) is 11.3 Å². The Kier molecular flexibility index (Phi) is 3.62. The van der Waals surface area contributed by atoms with Gasteiger partial charge in [0.25, 0.3) is 0 Å². The molecule has 0 saturated carbocycles. The summed E-state index contributed by atoms with van der Waals surface area (Å²) in [6.45, 7) is 1.20. The first-order valence-corrected chi connectivity index (χ1v) is 7.21. The van der Waals surface area contributed by atoms with Gasteiger partial charge in [0.15, 0.2) is 5.25 Å². The Balaban J connectivity index is 2.20. The lowest BCUT2D eigenvalue weighted by Gasteiger charge is -2.22. The van der Waals surface area contributed by atoms with Crippen molar-refractivity contribution in [3.05, 3.63) is 29.6 Å². The highest BCUT2D eigenvalue weighted by molar-refractivity contribution is 7.94. The van der Waals surface area contributed by atoms with Crippen molar-refractivity contribution in [1.82, 2.24) is 10.6 Å². The van der Waals surface area contributed by atoms with E-state index in [1.807, 2.05) is 5.32 Å². The lowest BCUT2D eigenvalue weighted by molar-refractivity contribution is -0.120. The number of benzene rings is 1. The Bertz CT molecular complexity index is 674. The van der Waals surface area contributed by atoms with Crippen molar-refractivity contribution in [2.45, 2.75) is 12.2 Å². The monoisotopic (exact) mass is 301 g/mol. The van der Waals surface area contributed by atoms with E-state index < -0.39 is 33.0 Å². The Morgan fingerprint density at radius 2 is 2.05 bits per heavy atom. The minimum absolute atomic E-state index is 0.0119. The fourth-order valence-corrected chi connectivity index (χ4v) is 2.90. The van der Waals surface area contributed by atoms with Crippen LogP contribution in [0.2, 0.25) is 0 Å². The first-order chi connectivity index (χ1) is 9.29. The molecule has 1 aromatic carbocycles. The standard InChI is InChI=1S/C11H12FN3O4S/c1-6-2-3-7(4-8(6)12)15-20(18,19)9-5-13-11(17)14-10(9)16/h2-4,9,15H,5H2,1H3,(H2,13,14,16,17). The quantitative estimate of drug-likeness (QED) is 0.735. The van der Waals surface area contributed by atoms with E-state index in [9.17, 15) is 22.4 Å². The van der Waals surface area contributed by atoms with E-state index in [0.717, 1.165) is 6.07 Å². The van der Waals surface area contributed by atoms with Gasteiger partial charge in [-0.25, -0.2) is 17.6 Å². The lowest BCUT2D eigenvalue weighted by Crippen LogP contribution is -2.58. The number of hydrogen-bond acceptors (Lipinski definition) is 4. The van der Waals surface area contributed by atoms with Crippen LogP contribution in [-0.2, 0) is 14.8 Å². The summed E-state index contributed by atoms with van der Waals surface area (Å²) in [6, 6.07) is 3.07. The zero-order valence-corrected chi connectivity index (χ0v) is 11.3. The molecular weight excluding hydrogens is 289 g/mol. The van der Waals surface area contributed by atoms with Crippen LogP contribution in [0.5, 0.6) is 0 Å². The maximum Gasteiger partial charge on any atom is 0.321 e. The molecular formula is C11H12FN3O4S. The molecule has 1 aliphatic rings. The maximum atomic E-state index is 13.4. The molecule has 0 aliphatic carbocycles. The number of halogens is 1. The fourth-order valence-electron chi connectivity index (χ4n) is 1.66. The highest BCUT2D eigenvalue weighted by Gasteiger charge is 2.37. The maximum absolute atomic E-state index is 13.4. The van der Waals surface area contributed by atoms with E-state index in [4.69, 9.17) is 0 Å². The van der Waals surface area contributed by atoms with Gasteiger partial charge >= 0.3 is 6.03 Å². The summed E-state index contributed by atoms with van der Waals surface area (Å²) in [5.74, 6) is -1.49. The van der Waals surface area contributed by atoms with Crippen LogP contribution >= 0.6 is 0 Å². The molecule has 0 bridgehead atoms. The van der Waals surface area contributed by atoms with Gasteiger partial charge in [0.2, 0.25) is 15.9 Å². The van der Waals surface area contributed by atoms with E-state index in [1.165, 1.54) is 19.1 Å². The molecule has 0 aromatic heterocycles. The summed E-state index contributed by atoms with van der Waals surface area (Å²) in [7, 11) is -4.08. The van der Waals surface area contributed by atoms with E-state index in [-0.39, 0.29) is 12.2 Å². The fraction of sp³-hybridized carbons (Fsp3) is 0.273. The number of sulfonamides is 1. The minimum Gasteiger partial charge on any atom is -0.336 e. The average molecular weight is 301 g/mol. The molecule has 1 aromatic rings. The molecule has 0 radical (unpaired) electrons. The zero-order valence-electron chi connectivity index (χ0n) is 10.4. The van der Waals surface area contributed by atoms with Crippen LogP contribution in [0.25, 0.3) is 0 Å². The van der Waals surface area contributed by atoms with Gasteiger partial charge < -0.3 is 5.32 Å². The van der Waals surface area contributed by atoms with E-state index in [0.29, 0.717) is 5.56 Å². The number of carbonyl (C=O) groups is 2. The highest BCUT2D eigenvalue weighted by Crippen LogP contribution is 2.17. The third-order valence-corrected chi connectivity index (χ3v) is 4.43. The van der Waals surface area contributed by atoms with Gasteiger partial charge in [-0.05, 0) is 24.6 Å². The number of rotatable bonds is 3. The van der Waals surface area contributed by atoms with Gasteiger partial charge in [-0.3, -0.25) is 14.8 Å². The number of imide groups is 1. The summed E-state index contributed by atoms with van der Waals surface area (Å²) in [6.07, 6.45) is 0. The van der Waals surface area contributed by atoms with Crippen LogP contribution < -0.4 is 15.4 Å². The number of amides is 3. The molecule has 2 rings (SSSR count). The van der Waals surface area contributed by atoms with Gasteiger partial charge in [0.1, 0.15) is 5.82 Å².